The Morgan fingerprint density at radius 1 is 1.33 bits per heavy atom. The Hall–Kier alpha value is -1.30. The van der Waals surface area contributed by atoms with Gasteiger partial charge in [-0.25, -0.2) is 4.79 Å². The van der Waals surface area contributed by atoms with Crippen molar-refractivity contribution in [2.75, 3.05) is 39.8 Å². The number of rotatable bonds is 5. The van der Waals surface area contributed by atoms with Gasteiger partial charge in [-0.05, 0) is 33.4 Å². The molecule has 2 amide bonds. The Morgan fingerprint density at radius 2 is 2.00 bits per heavy atom. The maximum absolute atomic E-state index is 12.8. The zero-order chi connectivity index (χ0) is 16.0. The first kappa shape index (κ1) is 17.8. The lowest BCUT2D eigenvalue weighted by Crippen LogP contribution is -2.51. The van der Waals surface area contributed by atoms with Crippen LogP contribution in [0.1, 0.15) is 33.6 Å². The SMILES string of the molecule is CCC1CN(C)CCCN1C(=O)N(CC)CC(C)C(=O)O. The number of amides is 2. The van der Waals surface area contributed by atoms with Gasteiger partial charge in [-0.1, -0.05) is 13.8 Å². The van der Waals surface area contributed by atoms with E-state index in [1.54, 1.807) is 11.8 Å². The summed E-state index contributed by atoms with van der Waals surface area (Å²) in [6, 6.07) is 0.187. The highest BCUT2D eigenvalue weighted by Gasteiger charge is 2.30. The molecule has 1 aliphatic rings. The summed E-state index contributed by atoms with van der Waals surface area (Å²) in [6.07, 6.45) is 1.88. The Labute approximate surface area is 127 Å². The first-order chi connectivity index (χ1) is 9.90. The van der Waals surface area contributed by atoms with Gasteiger partial charge in [-0.2, -0.15) is 0 Å². The van der Waals surface area contributed by atoms with Gasteiger partial charge in [-0.3, -0.25) is 4.79 Å². The Bertz CT molecular complexity index is 362. The molecule has 1 heterocycles. The van der Waals surface area contributed by atoms with Crippen LogP contribution in [-0.2, 0) is 4.79 Å². The molecule has 1 aliphatic heterocycles. The molecule has 1 rings (SSSR count). The molecule has 0 aromatic rings. The van der Waals surface area contributed by atoms with E-state index in [2.05, 4.69) is 18.9 Å². The topological polar surface area (TPSA) is 64.1 Å². The first-order valence-electron chi connectivity index (χ1n) is 7.87. The maximum Gasteiger partial charge on any atom is 0.320 e. The molecule has 0 aromatic carbocycles. The molecule has 6 heteroatoms. The van der Waals surface area contributed by atoms with Crippen molar-refractivity contribution in [3.8, 4) is 0 Å². The van der Waals surface area contributed by atoms with Crippen molar-refractivity contribution in [1.29, 1.82) is 0 Å². The van der Waals surface area contributed by atoms with Crippen LogP contribution in [0, 0.1) is 5.92 Å². The number of carboxylic acid groups (broad SMARTS) is 1. The monoisotopic (exact) mass is 299 g/mol. The molecule has 1 fully saturated rings. The van der Waals surface area contributed by atoms with E-state index in [1.807, 2.05) is 11.8 Å². The molecular formula is C15H29N3O3. The van der Waals surface area contributed by atoms with E-state index in [0.29, 0.717) is 6.54 Å². The van der Waals surface area contributed by atoms with Gasteiger partial charge in [0.2, 0.25) is 0 Å². The molecule has 0 spiro atoms. The number of hydrogen-bond donors (Lipinski definition) is 1. The smallest absolute Gasteiger partial charge is 0.320 e. The molecule has 6 nitrogen and oxygen atoms in total. The quantitative estimate of drug-likeness (QED) is 0.837. The lowest BCUT2D eigenvalue weighted by atomic mass is 10.1. The second-order valence-corrected chi connectivity index (χ2v) is 5.93. The van der Waals surface area contributed by atoms with Gasteiger partial charge < -0.3 is 19.8 Å². The van der Waals surface area contributed by atoms with Crippen LogP contribution in [0.3, 0.4) is 0 Å². The Balaban J connectivity index is 2.78. The fourth-order valence-corrected chi connectivity index (χ4v) is 2.78. The number of hydrogen-bond acceptors (Lipinski definition) is 3. The van der Waals surface area contributed by atoms with E-state index in [4.69, 9.17) is 5.11 Å². The van der Waals surface area contributed by atoms with Gasteiger partial charge in [0, 0.05) is 32.2 Å². The van der Waals surface area contributed by atoms with Crippen LogP contribution in [0.5, 0.6) is 0 Å². The zero-order valence-corrected chi connectivity index (χ0v) is 13.7. The molecule has 122 valence electrons. The van der Waals surface area contributed by atoms with E-state index in [-0.39, 0.29) is 18.6 Å². The average molecular weight is 299 g/mol. The summed E-state index contributed by atoms with van der Waals surface area (Å²) in [4.78, 5) is 29.6. The van der Waals surface area contributed by atoms with Gasteiger partial charge in [-0.15, -0.1) is 0 Å². The normalized spacial score (nSPS) is 21.7. The Morgan fingerprint density at radius 3 is 2.52 bits per heavy atom. The van der Waals surface area contributed by atoms with Crippen molar-refractivity contribution in [1.82, 2.24) is 14.7 Å². The van der Waals surface area contributed by atoms with E-state index in [9.17, 15) is 9.59 Å². The highest BCUT2D eigenvalue weighted by Crippen LogP contribution is 2.15. The summed E-state index contributed by atoms with van der Waals surface area (Å²) in [5.41, 5.74) is 0. The summed E-state index contributed by atoms with van der Waals surface area (Å²) in [6.45, 7) is 9.09. The lowest BCUT2D eigenvalue weighted by Gasteiger charge is -2.35. The second kappa shape index (κ2) is 8.22. The first-order valence-corrected chi connectivity index (χ1v) is 7.87. The third kappa shape index (κ3) is 4.88. The average Bonchev–Trinajstić information content (AvgIpc) is 2.64. The van der Waals surface area contributed by atoms with Gasteiger partial charge in [0.25, 0.3) is 0 Å². The second-order valence-electron chi connectivity index (χ2n) is 5.93. The molecule has 0 radical (unpaired) electrons. The summed E-state index contributed by atoms with van der Waals surface area (Å²) in [7, 11) is 2.08. The van der Waals surface area contributed by atoms with E-state index in [0.717, 1.165) is 32.5 Å². The highest BCUT2D eigenvalue weighted by atomic mass is 16.4. The van der Waals surface area contributed by atoms with Gasteiger partial charge in [0.05, 0.1) is 5.92 Å². The van der Waals surface area contributed by atoms with Crippen molar-refractivity contribution in [2.24, 2.45) is 5.92 Å². The number of likely N-dealkylation sites (N-methyl/N-ethyl adjacent to an activating group) is 1. The number of carbonyl (C=O) groups is 2. The van der Waals surface area contributed by atoms with Gasteiger partial charge in [0.15, 0.2) is 0 Å². The van der Waals surface area contributed by atoms with Crippen LogP contribution in [0.15, 0.2) is 0 Å². The number of nitrogens with zero attached hydrogens (tertiary/aromatic N) is 3. The molecule has 0 saturated carbocycles. The van der Waals surface area contributed by atoms with Crippen LogP contribution in [0.25, 0.3) is 0 Å². The maximum atomic E-state index is 12.8. The van der Waals surface area contributed by atoms with Gasteiger partial charge >= 0.3 is 12.0 Å². The summed E-state index contributed by atoms with van der Waals surface area (Å²) < 4.78 is 0. The number of aliphatic carboxylic acids is 1. The number of urea groups is 1. The van der Waals surface area contributed by atoms with Crippen LogP contribution >= 0.6 is 0 Å². The van der Waals surface area contributed by atoms with Crippen molar-refractivity contribution in [2.45, 2.75) is 39.7 Å². The van der Waals surface area contributed by atoms with E-state index in [1.165, 1.54) is 0 Å². The minimum atomic E-state index is -0.858. The van der Waals surface area contributed by atoms with Crippen molar-refractivity contribution in [3.05, 3.63) is 0 Å². The summed E-state index contributed by atoms with van der Waals surface area (Å²) in [5, 5.41) is 9.04. The molecule has 0 aromatic heterocycles. The molecule has 0 bridgehead atoms. The predicted molar refractivity (Wildman–Crippen MR) is 82.3 cm³/mol. The minimum Gasteiger partial charge on any atom is -0.481 e. The Kier molecular flexibility index (Phi) is 6.95. The molecule has 1 saturated heterocycles. The highest BCUT2D eigenvalue weighted by molar-refractivity contribution is 5.76. The molecule has 2 atom stereocenters. The summed E-state index contributed by atoms with van der Waals surface area (Å²) >= 11 is 0. The minimum absolute atomic E-state index is 0.0206. The lowest BCUT2D eigenvalue weighted by molar-refractivity contribution is -0.141. The van der Waals surface area contributed by atoms with Gasteiger partial charge in [0.1, 0.15) is 0 Å². The van der Waals surface area contributed by atoms with E-state index < -0.39 is 11.9 Å². The third-order valence-electron chi connectivity index (χ3n) is 4.19. The van der Waals surface area contributed by atoms with Crippen molar-refractivity contribution in [3.63, 3.8) is 0 Å². The third-order valence-corrected chi connectivity index (χ3v) is 4.19. The van der Waals surface area contributed by atoms with Crippen LogP contribution < -0.4 is 0 Å². The molecular weight excluding hydrogens is 270 g/mol. The predicted octanol–water partition coefficient (Wildman–Crippen LogP) is 1.57. The zero-order valence-electron chi connectivity index (χ0n) is 13.7. The summed E-state index contributed by atoms with van der Waals surface area (Å²) in [5.74, 6) is -1.40. The largest absolute Gasteiger partial charge is 0.481 e. The van der Waals surface area contributed by atoms with E-state index >= 15 is 0 Å². The molecule has 2 unspecified atom stereocenters. The van der Waals surface area contributed by atoms with Crippen LogP contribution in [0.4, 0.5) is 4.79 Å². The fraction of sp³-hybridized carbons (Fsp3) is 0.867. The molecule has 1 N–H and O–H groups in total. The number of carbonyl (C=O) groups excluding carboxylic acids is 1. The van der Waals surface area contributed by atoms with Crippen molar-refractivity contribution >= 4 is 12.0 Å². The molecule has 21 heavy (non-hydrogen) atoms. The van der Waals surface area contributed by atoms with Crippen molar-refractivity contribution < 1.29 is 14.7 Å². The van der Waals surface area contributed by atoms with Crippen LogP contribution in [-0.4, -0.2) is 77.6 Å². The molecule has 0 aliphatic carbocycles. The van der Waals surface area contributed by atoms with Crippen LogP contribution in [0.2, 0.25) is 0 Å². The number of carboxylic acids is 1. The standard InChI is InChI=1S/C15H29N3O3/c1-5-13-11-16(4)8-7-9-18(13)15(21)17(6-2)10-12(3)14(19)20/h12-13H,5-11H2,1-4H3,(H,19,20). The fourth-order valence-electron chi connectivity index (χ4n) is 2.78.